The fraction of sp³-hybridized carbons (Fsp3) is 0.158. The van der Waals surface area contributed by atoms with E-state index in [1.807, 2.05) is 16.8 Å². The maximum Gasteiger partial charge on any atom is 0.227 e. The Bertz CT molecular complexity index is 1090. The standard InChI is InChI=1S/C19H15ClN4O2S3/c20-12-3-1-4-13(9-12)21-17(25)6-7-18-23-16(24-26-18)11-29-19-22-14(10-28-19)15-5-2-8-27-15/h1-5,8-10H,6-7,11H2,(H,21,25). The number of thiophene rings is 1. The summed E-state index contributed by atoms with van der Waals surface area (Å²) in [4.78, 5) is 22.2. The van der Waals surface area contributed by atoms with Crippen molar-refractivity contribution in [1.29, 1.82) is 0 Å². The molecule has 0 bridgehead atoms. The Kier molecular flexibility index (Phi) is 6.60. The van der Waals surface area contributed by atoms with Crippen LogP contribution in [-0.4, -0.2) is 21.0 Å². The topological polar surface area (TPSA) is 80.9 Å². The van der Waals surface area contributed by atoms with Crippen molar-refractivity contribution in [3.8, 4) is 10.6 Å². The normalized spacial score (nSPS) is 10.9. The van der Waals surface area contributed by atoms with Crippen molar-refractivity contribution in [3.63, 3.8) is 0 Å². The highest BCUT2D eigenvalue weighted by molar-refractivity contribution is 8.00. The quantitative estimate of drug-likeness (QED) is 0.335. The fourth-order valence-corrected chi connectivity index (χ4v) is 5.07. The first-order chi connectivity index (χ1) is 14.2. The highest BCUT2D eigenvalue weighted by Gasteiger charge is 2.12. The first-order valence-corrected chi connectivity index (χ1v) is 11.8. The van der Waals surface area contributed by atoms with Crippen LogP contribution in [0, 0.1) is 0 Å². The molecule has 1 N–H and O–H groups in total. The van der Waals surface area contributed by atoms with Gasteiger partial charge in [0.05, 0.1) is 16.3 Å². The molecule has 29 heavy (non-hydrogen) atoms. The number of carbonyl (C=O) groups excluding carboxylic acids is 1. The molecule has 0 atom stereocenters. The van der Waals surface area contributed by atoms with Crippen molar-refractivity contribution in [2.75, 3.05) is 5.32 Å². The van der Waals surface area contributed by atoms with Crippen LogP contribution in [-0.2, 0) is 17.0 Å². The van der Waals surface area contributed by atoms with Crippen LogP contribution in [0.4, 0.5) is 5.69 Å². The summed E-state index contributed by atoms with van der Waals surface area (Å²) in [5, 5.41) is 11.4. The molecular formula is C19H15ClN4O2S3. The molecule has 148 valence electrons. The fourth-order valence-electron chi connectivity index (χ4n) is 2.45. The molecule has 6 nitrogen and oxygen atoms in total. The molecule has 1 amide bonds. The number of nitrogens with zero attached hydrogens (tertiary/aromatic N) is 3. The smallest absolute Gasteiger partial charge is 0.227 e. The van der Waals surface area contributed by atoms with Gasteiger partial charge in [-0.2, -0.15) is 4.98 Å². The predicted octanol–water partition coefficient (Wildman–Crippen LogP) is 5.77. The average molecular weight is 463 g/mol. The first kappa shape index (κ1) is 20.1. The summed E-state index contributed by atoms with van der Waals surface area (Å²) in [7, 11) is 0. The largest absolute Gasteiger partial charge is 0.339 e. The summed E-state index contributed by atoms with van der Waals surface area (Å²) >= 11 is 10.8. The number of nitrogens with one attached hydrogen (secondary N) is 1. The Morgan fingerprint density at radius 2 is 2.14 bits per heavy atom. The summed E-state index contributed by atoms with van der Waals surface area (Å²) in [6.07, 6.45) is 0.627. The molecular weight excluding hydrogens is 448 g/mol. The summed E-state index contributed by atoms with van der Waals surface area (Å²) < 4.78 is 6.20. The zero-order valence-electron chi connectivity index (χ0n) is 15.0. The van der Waals surface area contributed by atoms with Crippen LogP contribution in [0.15, 0.2) is 56.0 Å². The predicted molar refractivity (Wildman–Crippen MR) is 118 cm³/mol. The number of hydrogen-bond acceptors (Lipinski definition) is 8. The lowest BCUT2D eigenvalue weighted by atomic mass is 10.2. The number of thiazole rings is 1. The van der Waals surface area contributed by atoms with Gasteiger partial charge in [0.15, 0.2) is 10.2 Å². The molecule has 0 spiro atoms. The zero-order valence-corrected chi connectivity index (χ0v) is 18.2. The summed E-state index contributed by atoms with van der Waals surface area (Å²) in [6.45, 7) is 0. The van der Waals surface area contributed by atoms with E-state index in [2.05, 4.69) is 26.5 Å². The Labute approximate surface area is 184 Å². The van der Waals surface area contributed by atoms with Crippen LogP contribution >= 0.6 is 46.0 Å². The van der Waals surface area contributed by atoms with Crippen LogP contribution in [0.2, 0.25) is 5.02 Å². The molecule has 0 aliphatic heterocycles. The SMILES string of the molecule is O=C(CCc1nc(CSc2nc(-c3cccs3)cs2)no1)Nc1cccc(Cl)c1. The monoisotopic (exact) mass is 462 g/mol. The maximum atomic E-state index is 12.1. The van der Waals surface area contributed by atoms with Crippen LogP contribution in [0.25, 0.3) is 10.6 Å². The minimum atomic E-state index is -0.134. The number of halogens is 1. The number of thioether (sulfide) groups is 1. The molecule has 3 heterocycles. The molecule has 4 rings (SSSR count). The van der Waals surface area contributed by atoms with E-state index in [0.717, 1.165) is 14.9 Å². The number of aromatic nitrogens is 3. The Morgan fingerprint density at radius 3 is 2.97 bits per heavy atom. The van der Waals surface area contributed by atoms with Crippen molar-refractivity contribution in [2.24, 2.45) is 0 Å². The van der Waals surface area contributed by atoms with Crippen molar-refractivity contribution in [3.05, 3.63) is 63.9 Å². The molecule has 0 saturated carbocycles. The van der Waals surface area contributed by atoms with Crippen molar-refractivity contribution >= 4 is 57.6 Å². The summed E-state index contributed by atoms with van der Waals surface area (Å²) in [5.41, 5.74) is 1.66. The van der Waals surface area contributed by atoms with E-state index in [4.69, 9.17) is 16.1 Å². The second kappa shape index (κ2) is 9.53. The van der Waals surface area contributed by atoms with E-state index in [1.165, 1.54) is 0 Å². The molecule has 4 aromatic rings. The molecule has 0 radical (unpaired) electrons. The third-order valence-corrected chi connectivity index (χ3v) is 6.91. The Balaban J connectivity index is 1.25. The lowest BCUT2D eigenvalue weighted by molar-refractivity contribution is -0.116. The number of amides is 1. The van der Waals surface area contributed by atoms with Gasteiger partial charge in [0.2, 0.25) is 11.8 Å². The van der Waals surface area contributed by atoms with Gasteiger partial charge in [-0.1, -0.05) is 40.7 Å². The lowest BCUT2D eigenvalue weighted by Gasteiger charge is -2.04. The molecule has 0 unspecified atom stereocenters. The van der Waals surface area contributed by atoms with Crippen molar-refractivity contribution in [2.45, 2.75) is 22.9 Å². The lowest BCUT2D eigenvalue weighted by Crippen LogP contribution is -2.12. The molecule has 0 aliphatic carbocycles. The average Bonchev–Trinajstić information content (AvgIpc) is 3.46. The maximum absolute atomic E-state index is 12.1. The second-order valence-electron chi connectivity index (χ2n) is 5.93. The third-order valence-electron chi connectivity index (χ3n) is 3.77. The van der Waals surface area contributed by atoms with E-state index in [1.54, 1.807) is 58.7 Å². The molecule has 0 aliphatic rings. The third kappa shape index (κ3) is 5.66. The molecule has 1 aromatic carbocycles. The number of anilines is 1. The minimum Gasteiger partial charge on any atom is -0.339 e. The number of rotatable bonds is 8. The van der Waals surface area contributed by atoms with Gasteiger partial charge in [-0.25, -0.2) is 4.98 Å². The van der Waals surface area contributed by atoms with Gasteiger partial charge in [-0.3, -0.25) is 4.79 Å². The van der Waals surface area contributed by atoms with Crippen LogP contribution in [0.5, 0.6) is 0 Å². The van der Waals surface area contributed by atoms with Gasteiger partial charge in [0.1, 0.15) is 0 Å². The van der Waals surface area contributed by atoms with Crippen molar-refractivity contribution < 1.29 is 9.32 Å². The Morgan fingerprint density at radius 1 is 1.21 bits per heavy atom. The van der Waals surface area contributed by atoms with Gasteiger partial charge in [0.25, 0.3) is 0 Å². The van der Waals surface area contributed by atoms with Gasteiger partial charge in [-0.05, 0) is 29.6 Å². The van der Waals surface area contributed by atoms with Crippen molar-refractivity contribution in [1.82, 2.24) is 15.1 Å². The summed E-state index contributed by atoms with van der Waals surface area (Å²) in [5.74, 6) is 1.47. The van der Waals surface area contributed by atoms with Crippen LogP contribution in [0.1, 0.15) is 18.1 Å². The summed E-state index contributed by atoms with van der Waals surface area (Å²) in [6, 6.07) is 11.1. The number of carbonyl (C=O) groups is 1. The van der Waals surface area contributed by atoms with E-state index < -0.39 is 0 Å². The number of hydrogen-bond donors (Lipinski definition) is 1. The highest BCUT2D eigenvalue weighted by atomic mass is 35.5. The number of aryl methyl sites for hydroxylation is 1. The van der Waals surface area contributed by atoms with E-state index in [9.17, 15) is 4.79 Å². The van der Waals surface area contributed by atoms with Crippen LogP contribution < -0.4 is 5.32 Å². The molecule has 10 heteroatoms. The first-order valence-electron chi connectivity index (χ1n) is 8.65. The van der Waals surface area contributed by atoms with Gasteiger partial charge >= 0.3 is 0 Å². The molecule has 3 aromatic heterocycles. The Hall–Kier alpha value is -2.20. The van der Waals surface area contributed by atoms with Gasteiger partial charge in [0, 0.05) is 28.9 Å². The van der Waals surface area contributed by atoms with Gasteiger partial charge < -0.3 is 9.84 Å². The highest BCUT2D eigenvalue weighted by Crippen LogP contribution is 2.31. The zero-order chi connectivity index (χ0) is 20.1. The van der Waals surface area contributed by atoms with E-state index in [0.29, 0.717) is 34.6 Å². The molecule has 0 saturated heterocycles. The van der Waals surface area contributed by atoms with E-state index >= 15 is 0 Å². The van der Waals surface area contributed by atoms with Crippen LogP contribution in [0.3, 0.4) is 0 Å². The van der Waals surface area contributed by atoms with Gasteiger partial charge in [-0.15, -0.1) is 22.7 Å². The molecule has 0 fully saturated rings. The number of benzene rings is 1. The minimum absolute atomic E-state index is 0.134. The second-order valence-corrected chi connectivity index (χ2v) is 9.39. The van der Waals surface area contributed by atoms with E-state index in [-0.39, 0.29) is 12.3 Å².